The largest absolute Gasteiger partial charge is 0.322 e. The topological polar surface area (TPSA) is 46.9 Å². The summed E-state index contributed by atoms with van der Waals surface area (Å²) in [5.74, 6) is 2.26. The summed E-state index contributed by atoms with van der Waals surface area (Å²) in [7, 11) is 1.75. The van der Waals surface area contributed by atoms with Gasteiger partial charge in [-0.1, -0.05) is 23.6 Å². The first-order valence-corrected chi connectivity index (χ1v) is 6.64. The van der Waals surface area contributed by atoms with Crippen molar-refractivity contribution in [2.45, 2.75) is 6.92 Å². The fourth-order valence-electron chi connectivity index (χ4n) is 1.87. The van der Waals surface area contributed by atoms with Crippen LogP contribution in [0.15, 0.2) is 30.3 Å². The zero-order chi connectivity index (χ0) is 15.4. The van der Waals surface area contributed by atoms with Crippen molar-refractivity contribution < 1.29 is 4.79 Å². The van der Waals surface area contributed by atoms with Gasteiger partial charge in [-0.25, -0.2) is 0 Å². The van der Waals surface area contributed by atoms with E-state index in [0.29, 0.717) is 16.4 Å². The number of rotatable bonds is 3. The molecule has 21 heavy (non-hydrogen) atoms. The van der Waals surface area contributed by atoms with Crippen molar-refractivity contribution in [3.63, 3.8) is 0 Å². The molecule has 4 nitrogen and oxygen atoms in total. The smallest absolute Gasteiger partial charge is 0.248 e. The molecule has 1 aromatic heterocycles. The summed E-state index contributed by atoms with van der Waals surface area (Å²) in [6.07, 6.45) is 8.38. The van der Waals surface area contributed by atoms with Crippen molar-refractivity contribution in [3.8, 4) is 12.3 Å². The van der Waals surface area contributed by atoms with Crippen LogP contribution < -0.4 is 5.32 Å². The van der Waals surface area contributed by atoms with Crippen LogP contribution >= 0.6 is 11.6 Å². The Bertz CT molecular complexity index is 753. The minimum absolute atomic E-state index is 0.261. The molecule has 0 aliphatic carbocycles. The molecule has 0 saturated carbocycles. The number of carbonyl (C=O) groups excluding carboxylic acids is 1. The maximum absolute atomic E-state index is 11.9. The van der Waals surface area contributed by atoms with Crippen LogP contribution in [0, 0.1) is 19.3 Å². The van der Waals surface area contributed by atoms with Gasteiger partial charge in [0.15, 0.2) is 0 Å². The van der Waals surface area contributed by atoms with Crippen LogP contribution in [0.3, 0.4) is 0 Å². The summed E-state index contributed by atoms with van der Waals surface area (Å²) in [5, 5.41) is 7.41. The molecule has 0 unspecified atom stereocenters. The number of anilines is 1. The molecule has 0 aliphatic heterocycles. The number of aromatic nitrogens is 2. The van der Waals surface area contributed by atoms with Crippen LogP contribution in [-0.2, 0) is 11.8 Å². The van der Waals surface area contributed by atoms with Gasteiger partial charge in [0.05, 0.1) is 5.69 Å². The van der Waals surface area contributed by atoms with Crippen molar-refractivity contribution in [2.75, 3.05) is 5.32 Å². The molecule has 0 bridgehead atoms. The van der Waals surface area contributed by atoms with Gasteiger partial charge in [0.25, 0.3) is 0 Å². The van der Waals surface area contributed by atoms with E-state index in [1.165, 1.54) is 6.08 Å². The van der Waals surface area contributed by atoms with Gasteiger partial charge < -0.3 is 5.32 Å². The van der Waals surface area contributed by atoms with E-state index in [0.717, 1.165) is 11.3 Å². The highest BCUT2D eigenvalue weighted by Gasteiger charge is 2.08. The first-order valence-electron chi connectivity index (χ1n) is 6.26. The maximum atomic E-state index is 11.9. The highest BCUT2D eigenvalue weighted by atomic mass is 35.5. The fraction of sp³-hybridized carbons (Fsp3) is 0.125. The first kappa shape index (κ1) is 14.9. The zero-order valence-corrected chi connectivity index (χ0v) is 12.5. The van der Waals surface area contributed by atoms with Crippen molar-refractivity contribution >= 4 is 29.3 Å². The number of nitrogens with one attached hydrogen (secondary N) is 1. The Kier molecular flexibility index (Phi) is 4.46. The van der Waals surface area contributed by atoms with Gasteiger partial charge in [-0.3, -0.25) is 9.48 Å². The van der Waals surface area contributed by atoms with E-state index < -0.39 is 0 Å². The molecule has 2 rings (SSSR count). The van der Waals surface area contributed by atoms with Crippen LogP contribution in [0.25, 0.3) is 6.08 Å². The van der Waals surface area contributed by atoms with E-state index in [4.69, 9.17) is 18.0 Å². The lowest BCUT2D eigenvalue weighted by molar-refractivity contribution is -0.111. The Morgan fingerprint density at radius 3 is 2.90 bits per heavy atom. The van der Waals surface area contributed by atoms with Gasteiger partial charge in [0.1, 0.15) is 5.15 Å². The normalized spacial score (nSPS) is 10.6. The number of halogens is 1. The lowest BCUT2D eigenvalue weighted by Crippen LogP contribution is -2.07. The molecular weight excluding hydrogens is 286 g/mol. The van der Waals surface area contributed by atoms with Gasteiger partial charge in [-0.2, -0.15) is 5.10 Å². The average Bonchev–Trinajstić information content (AvgIpc) is 2.70. The second-order valence-corrected chi connectivity index (χ2v) is 4.82. The standard InChI is InChI=1S/C16H14ClN3O/c1-4-12-6-5-7-13(10-12)18-15(21)9-8-14-11(2)19-20(3)16(14)17/h1,5-10H,2-3H3,(H,18,21)/b9-8+. The van der Waals surface area contributed by atoms with E-state index in [2.05, 4.69) is 16.3 Å². The van der Waals surface area contributed by atoms with Crippen molar-refractivity contribution in [3.05, 3.63) is 52.3 Å². The highest BCUT2D eigenvalue weighted by molar-refractivity contribution is 6.31. The van der Waals surface area contributed by atoms with Crippen LogP contribution in [0.4, 0.5) is 5.69 Å². The molecule has 106 valence electrons. The monoisotopic (exact) mass is 299 g/mol. The molecule has 1 aromatic carbocycles. The number of hydrogen-bond acceptors (Lipinski definition) is 2. The second kappa shape index (κ2) is 6.29. The number of nitrogens with zero attached hydrogens (tertiary/aromatic N) is 2. The molecule has 0 radical (unpaired) electrons. The lowest BCUT2D eigenvalue weighted by atomic mass is 10.2. The van der Waals surface area contributed by atoms with Gasteiger partial charge >= 0.3 is 0 Å². The Morgan fingerprint density at radius 1 is 1.52 bits per heavy atom. The summed E-state index contributed by atoms with van der Waals surface area (Å²) in [5.41, 5.74) is 2.85. The van der Waals surface area contributed by atoms with E-state index in [1.54, 1.807) is 42.1 Å². The third-order valence-corrected chi connectivity index (χ3v) is 3.34. The number of carbonyl (C=O) groups is 1. The second-order valence-electron chi connectivity index (χ2n) is 4.46. The third kappa shape index (κ3) is 3.53. The molecular formula is C16H14ClN3O. The number of amides is 1. The van der Waals surface area contributed by atoms with E-state index in [1.807, 2.05) is 6.92 Å². The zero-order valence-electron chi connectivity index (χ0n) is 11.7. The third-order valence-electron chi connectivity index (χ3n) is 2.89. The van der Waals surface area contributed by atoms with Crippen molar-refractivity contribution in [1.82, 2.24) is 9.78 Å². The van der Waals surface area contributed by atoms with Gasteiger partial charge in [0.2, 0.25) is 5.91 Å². The molecule has 0 spiro atoms. The highest BCUT2D eigenvalue weighted by Crippen LogP contribution is 2.20. The van der Waals surface area contributed by atoms with Gasteiger partial charge in [0, 0.05) is 29.9 Å². The van der Waals surface area contributed by atoms with E-state index in [-0.39, 0.29) is 5.91 Å². The van der Waals surface area contributed by atoms with E-state index >= 15 is 0 Å². The summed E-state index contributed by atoms with van der Waals surface area (Å²) in [6, 6.07) is 7.09. The molecule has 2 aromatic rings. The Labute approximate surface area is 128 Å². The molecule has 0 aliphatic rings. The number of terminal acetylenes is 1. The first-order chi connectivity index (χ1) is 10.0. The molecule has 1 heterocycles. The van der Waals surface area contributed by atoms with Crippen LogP contribution in [-0.4, -0.2) is 15.7 Å². The maximum Gasteiger partial charge on any atom is 0.248 e. The van der Waals surface area contributed by atoms with Crippen LogP contribution in [0.2, 0.25) is 5.15 Å². The molecule has 0 saturated heterocycles. The summed E-state index contributed by atoms with van der Waals surface area (Å²) in [6.45, 7) is 1.83. The Morgan fingerprint density at radius 2 is 2.29 bits per heavy atom. The Hall–Kier alpha value is -2.51. The quantitative estimate of drug-likeness (QED) is 0.699. The summed E-state index contributed by atoms with van der Waals surface area (Å²) in [4.78, 5) is 11.9. The minimum atomic E-state index is -0.261. The van der Waals surface area contributed by atoms with Crippen LogP contribution in [0.1, 0.15) is 16.8 Å². The van der Waals surface area contributed by atoms with Gasteiger partial charge in [-0.05, 0) is 31.2 Å². The predicted molar refractivity (Wildman–Crippen MR) is 85.0 cm³/mol. The Balaban J connectivity index is 2.11. The predicted octanol–water partition coefficient (Wildman–Crippen LogP) is 3.02. The lowest BCUT2D eigenvalue weighted by Gasteiger charge is -2.02. The molecule has 1 amide bonds. The average molecular weight is 300 g/mol. The summed E-state index contributed by atoms with van der Waals surface area (Å²) < 4.78 is 1.56. The van der Waals surface area contributed by atoms with Crippen molar-refractivity contribution in [1.29, 1.82) is 0 Å². The molecule has 5 heteroatoms. The SMILES string of the molecule is C#Cc1cccc(NC(=O)/C=C/c2c(C)nn(C)c2Cl)c1. The summed E-state index contributed by atoms with van der Waals surface area (Å²) >= 11 is 6.09. The minimum Gasteiger partial charge on any atom is -0.322 e. The number of hydrogen-bond donors (Lipinski definition) is 1. The number of benzene rings is 1. The van der Waals surface area contributed by atoms with Gasteiger partial charge in [-0.15, -0.1) is 6.42 Å². The van der Waals surface area contributed by atoms with Crippen molar-refractivity contribution in [2.24, 2.45) is 7.05 Å². The van der Waals surface area contributed by atoms with Crippen LogP contribution in [0.5, 0.6) is 0 Å². The molecule has 0 fully saturated rings. The number of aryl methyl sites for hydroxylation is 2. The molecule has 1 N–H and O–H groups in total. The van der Waals surface area contributed by atoms with E-state index in [9.17, 15) is 4.79 Å². The fourth-order valence-corrected chi connectivity index (χ4v) is 2.10. The molecule has 0 atom stereocenters.